The molecule has 13 heavy (non-hydrogen) atoms. The van der Waals surface area contributed by atoms with Gasteiger partial charge in [-0.1, -0.05) is 0 Å². The maximum atomic E-state index is 12.9. The van der Waals surface area contributed by atoms with Crippen molar-refractivity contribution in [2.24, 2.45) is 0 Å². The molecule has 4 heteroatoms. The van der Waals surface area contributed by atoms with Gasteiger partial charge in [0.2, 0.25) is 0 Å². The van der Waals surface area contributed by atoms with Crippen LogP contribution < -0.4 is 3.71 Å². The van der Waals surface area contributed by atoms with Gasteiger partial charge in [-0.3, -0.25) is 0 Å². The van der Waals surface area contributed by atoms with E-state index in [0.29, 0.717) is 0 Å². The number of halogens is 1. The predicted octanol–water partition coefficient (Wildman–Crippen LogP) is 1.64. The summed E-state index contributed by atoms with van der Waals surface area (Å²) in [6.07, 6.45) is 1.15. The average molecular weight is 285 g/mol. The molecule has 2 nitrogen and oxygen atoms in total. The first-order valence-corrected chi connectivity index (χ1v) is 14.0. The van der Waals surface area contributed by atoms with Crippen molar-refractivity contribution in [1.29, 1.82) is 5.26 Å². The van der Waals surface area contributed by atoms with Gasteiger partial charge in [-0.25, -0.2) is 0 Å². The van der Waals surface area contributed by atoms with Gasteiger partial charge < -0.3 is 0 Å². The Bertz CT molecular complexity index is 363. The van der Waals surface area contributed by atoms with E-state index >= 15 is 0 Å². The molecule has 0 atom stereocenters. The summed E-state index contributed by atoms with van der Waals surface area (Å²) in [6.45, 7) is 0. The Morgan fingerprint density at radius 1 is 1.46 bits per heavy atom. The summed E-state index contributed by atoms with van der Waals surface area (Å²) < 4.78 is 13.8. The van der Waals surface area contributed by atoms with Gasteiger partial charge in [-0.05, 0) is 0 Å². The third-order valence-corrected chi connectivity index (χ3v) is 6.91. The van der Waals surface area contributed by atoms with Gasteiger partial charge in [0.25, 0.3) is 0 Å². The molecule has 68 valence electrons. The first kappa shape index (κ1) is 10.4. The SMILES string of the molecule is [CH3][Sn]([CH3])([CH3])[c]1cc(C#N)c(F)cn1. The number of pyridine rings is 1. The molecule has 0 saturated heterocycles. The molecular weight excluding hydrogens is 274 g/mol. The molecule has 0 saturated carbocycles. The van der Waals surface area contributed by atoms with Crippen molar-refractivity contribution < 1.29 is 4.39 Å². The van der Waals surface area contributed by atoms with E-state index in [4.69, 9.17) is 5.26 Å². The van der Waals surface area contributed by atoms with Gasteiger partial charge in [0, 0.05) is 0 Å². The topological polar surface area (TPSA) is 36.7 Å². The molecule has 0 bridgehead atoms. The Labute approximate surface area is 81.3 Å². The van der Waals surface area contributed by atoms with E-state index in [0.717, 1.165) is 9.91 Å². The Hall–Kier alpha value is -0.631. The summed E-state index contributed by atoms with van der Waals surface area (Å²) in [5.74, 6) is -0.526. The Morgan fingerprint density at radius 2 is 2.08 bits per heavy atom. The number of nitriles is 1. The van der Waals surface area contributed by atoms with E-state index in [1.54, 1.807) is 6.07 Å². The standard InChI is InChI=1S/C6H2FN2.3CH3.Sn/c7-6-4-9-2-1-5(6)3-8;;;;/h1,4H;3*1H3;. The first-order chi connectivity index (χ1) is 5.95. The Kier molecular flexibility index (Phi) is 2.91. The number of nitrogens with zero attached hydrogens (tertiary/aromatic N) is 2. The molecule has 1 aromatic heterocycles. The Morgan fingerprint density at radius 3 is 2.54 bits per heavy atom. The zero-order chi connectivity index (χ0) is 10.1. The molecule has 0 amide bonds. The fraction of sp³-hybridized carbons (Fsp3) is 0.333. The van der Waals surface area contributed by atoms with E-state index in [1.165, 1.54) is 0 Å². The number of rotatable bonds is 1. The van der Waals surface area contributed by atoms with Crippen molar-refractivity contribution in [2.45, 2.75) is 14.8 Å². The minimum absolute atomic E-state index is 0.108. The molecule has 0 aliphatic rings. The zero-order valence-corrected chi connectivity index (χ0v) is 10.8. The van der Waals surface area contributed by atoms with Gasteiger partial charge >= 0.3 is 81.3 Å². The summed E-state index contributed by atoms with van der Waals surface area (Å²) in [5, 5.41) is 8.61. The van der Waals surface area contributed by atoms with Crippen molar-refractivity contribution in [1.82, 2.24) is 4.98 Å². The summed E-state index contributed by atoms with van der Waals surface area (Å²) in [4.78, 5) is 10.6. The molecule has 0 aliphatic heterocycles. The van der Waals surface area contributed by atoms with Crippen molar-refractivity contribution in [3.8, 4) is 6.07 Å². The number of aromatic nitrogens is 1. The molecule has 0 aromatic carbocycles. The van der Waals surface area contributed by atoms with E-state index in [1.807, 2.05) is 6.07 Å². The van der Waals surface area contributed by atoms with Crippen LogP contribution in [0.3, 0.4) is 0 Å². The van der Waals surface area contributed by atoms with Gasteiger partial charge in [0.05, 0.1) is 0 Å². The maximum absolute atomic E-state index is 12.9. The van der Waals surface area contributed by atoms with Crippen LogP contribution in [0.15, 0.2) is 12.3 Å². The number of hydrogen-bond donors (Lipinski definition) is 0. The van der Waals surface area contributed by atoms with Crippen molar-refractivity contribution >= 4 is 22.1 Å². The van der Waals surface area contributed by atoms with Gasteiger partial charge in [0.1, 0.15) is 0 Å². The van der Waals surface area contributed by atoms with Crippen LogP contribution in [0.25, 0.3) is 0 Å². The van der Waals surface area contributed by atoms with E-state index < -0.39 is 24.2 Å². The average Bonchev–Trinajstić information content (AvgIpc) is 2.03. The van der Waals surface area contributed by atoms with E-state index in [9.17, 15) is 4.39 Å². The van der Waals surface area contributed by atoms with Crippen LogP contribution in [0.4, 0.5) is 4.39 Å². The van der Waals surface area contributed by atoms with Crippen LogP contribution in [0.2, 0.25) is 14.8 Å². The van der Waals surface area contributed by atoms with Crippen LogP contribution in [0, 0.1) is 17.1 Å². The molecule has 0 aliphatic carbocycles. The molecular formula is C9H11FN2Sn. The second-order valence-corrected chi connectivity index (χ2v) is 18.2. The van der Waals surface area contributed by atoms with Gasteiger partial charge in [-0.2, -0.15) is 0 Å². The molecule has 0 unspecified atom stereocenters. The molecule has 0 N–H and O–H groups in total. The van der Waals surface area contributed by atoms with Gasteiger partial charge in [0.15, 0.2) is 0 Å². The van der Waals surface area contributed by atoms with Crippen LogP contribution in [0.1, 0.15) is 5.56 Å². The van der Waals surface area contributed by atoms with Crippen LogP contribution in [-0.2, 0) is 0 Å². The second kappa shape index (κ2) is 3.62. The van der Waals surface area contributed by atoms with Crippen molar-refractivity contribution in [2.75, 3.05) is 0 Å². The summed E-state index contributed by atoms with van der Waals surface area (Å²) >= 11 is -2.24. The number of hydrogen-bond acceptors (Lipinski definition) is 2. The van der Waals surface area contributed by atoms with Crippen LogP contribution in [-0.4, -0.2) is 23.4 Å². The normalized spacial score (nSPS) is 11.0. The summed E-state index contributed by atoms with van der Waals surface area (Å²) in [5.41, 5.74) is 0.108. The minimum atomic E-state index is -2.24. The third kappa shape index (κ3) is 2.41. The third-order valence-electron chi connectivity index (χ3n) is 1.74. The van der Waals surface area contributed by atoms with E-state index in [2.05, 4.69) is 19.8 Å². The van der Waals surface area contributed by atoms with E-state index in [-0.39, 0.29) is 5.56 Å². The molecule has 0 spiro atoms. The fourth-order valence-corrected chi connectivity index (χ4v) is 3.87. The summed E-state index contributed by atoms with van der Waals surface area (Å²) in [6, 6.07) is 3.42. The molecule has 0 fully saturated rings. The Balaban J connectivity index is 3.24. The molecule has 0 radical (unpaired) electrons. The van der Waals surface area contributed by atoms with Gasteiger partial charge in [-0.15, -0.1) is 0 Å². The molecule has 1 rings (SSSR count). The fourth-order valence-electron chi connectivity index (χ4n) is 0.935. The molecule has 1 aromatic rings. The van der Waals surface area contributed by atoms with Crippen LogP contribution >= 0.6 is 0 Å². The quantitative estimate of drug-likeness (QED) is 0.735. The van der Waals surface area contributed by atoms with Crippen molar-refractivity contribution in [3.05, 3.63) is 23.6 Å². The predicted molar refractivity (Wildman–Crippen MR) is 51.9 cm³/mol. The second-order valence-electron chi connectivity index (χ2n) is 3.91. The molecule has 1 heterocycles. The first-order valence-electron chi connectivity index (χ1n) is 4.01. The summed E-state index contributed by atoms with van der Waals surface area (Å²) in [7, 11) is 0. The van der Waals surface area contributed by atoms with Crippen LogP contribution in [0.5, 0.6) is 0 Å². The monoisotopic (exact) mass is 286 g/mol. The zero-order valence-electron chi connectivity index (χ0n) is 7.93. The van der Waals surface area contributed by atoms with Crippen molar-refractivity contribution in [3.63, 3.8) is 0 Å².